The second-order valence-electron chi connectivity index (χ2n) is 8.34. The maximum Gasteiger partial charge on any atom is 0.303 e. The summed E-state index contributed by atoms with van der Waals surface area (Å²) in [7, 11) is 0. The first-order chi connectivity index (χ1) is 15.1. The number of anilines is 1. The molecule has 32 heavy (non-hydrogen) atoms. The monoisotopic (exact) mass is 471 g/mol. The highest BCUT2D eigenvalue weighted by molar-refractivity contribution is 7.09. The smallest absolute Gasteiger partial charge is 0.303 e. The Balaban J connectivity index is 0.00000289. The van der Waals surface area contributed by atoms with Gasteiger partial charge < -0.3 is 10.4 Å². The fourth-order valence-corrected chi connectivity index (χ4v) is 4.95. The van der Waals surface area contributed by atoms with E-state index in [1.54, 1.807) is 11.3 Å². The molecule has 0 aliphatic carbocycles. The fourth-order valence-electron chi connectivity index (χ4n) is 4.10. The largest absolute Gasteiger partial charge is 0.481 e. The van der Waals surface area contributed by atoms with Gasteiger partial charge in [-0.2, -0.15) is 0 Å². The molecule has 7 heteroatoms. The van der Waals surface area contributed by atoms with Crippen molar-refractivity contribution in [3.8, 4) is 0 Å². The van der Waals surface area contributed by atoms with Crippen LogP contribution in [0.15, 0.2) is 41.8 Å². The number of hydrogen-bond donors (Lipinski definition) is 2. The molecular weight excluding hydrogens is 442 g/mol. The molecule has 0 saturated heterocycles. The Bertz CT molecular complexity index is 1040. The summed E-state index contributed by atoms with van der Waals surface area (Å²) < 4.78 is 0. The molecule has 0 radical (unpaired) electrons. The van der Waals surface area contributed by atoms with Crippen molar-refractivity contribution in [2.45, 2.75) is 57.8 Å². The highest BCUT2D eigenvalue weighted by Crippen LogP contribution is 2.26. The Morgan fingerprint density at radius 2 is 1.94 bits per heavy atom. The van der Waals surface area contributed by atoms with Crippen LogP contribution in [0, 0.1) is 6.92 Å². The third-order valence-corrected chi connectivity index (χ3v) is 6.76. The minimum Gasteiger partial charge on any atom is -0.481 e. The lowest BCUT2D eigenvalue weighted by molar-refractivity contribution is -0.137. The van der Waals surface area contributed by atoms with E-state index in [-0.39, 0.29) is 24.7 Å². The van der Waals surface area contributed by atoms with Crippen LogP contribution >= 0.6 is 23.7 Å². The van der Waals surface area contributed by atoms with Gasteiger partial charge in [-0.05, 0) is 68.6 Å². The van der Waals surface area contributed by atoms with E-state index >= 15 is 0 Å². The van der Waals surface area contributed by atoms with Crippen LogP contribution < -0.4 is 5.32 Å². The van der Waals surface area contributed by atoms with Crippen molar-refractivity contribution in [3.63, 3.8) is 0 Å². The average Bonchev–Trinajstić information content (AvgIpc) is 3.20. The summed E-state index contributed by atoms with van der Waals surface area (Å²) in [6.45, 7) is 3.05. The first kappa shape index (κ1) is 24.2. The van der Waals surface area contributed by atoms with Gasteiger partial charge in [-0.1, -0.05) is 35.9 Å². The van der Waals surface area contributed by atoms with Gasteiger partial charge >= 0.3 is 5.97 Å². The maximum atomic E-state index is 11.4. The summed E-state index contributed by atoms with van der Waals surface area (Å²) >= 11 is 1.67. The van der Waals surface area contributed by atoms with Crippen LogP contribution in [0.2, 0.25) is 0 Å². The van der Waals surface area contributed by atoms with Crippen molar-refractivity contribution < 1.29 is 9.90 Å². The van der Waals surface area contributed by atoms with Crippen LogP contribution in [0.3, 0.4) is 0 Å². The predicted octanol–water partition coefficient (Wildman–Crippen LogP) is 5.60. The zero-order valence-electron chi connectivity index (χ0n) is 18.3. The molecule has 5 nitrogen and oxygen atoms in total. The van der Waals surface area contributed by atoms with Crippen LogP contribution in [0.4, 0.5) is 5.82 Å². The average molecular weight is 472 g/mol. The van der Waals surface area contributed by atoms with E-state index in [9.17, 15) is 9.90 Å². The Morgan fingerprint density at radius 1 is 1.12 bits per heavy atom. The van der Waals surface area contributed by atoms with Crippen molar-refractivity contribution in [2.24, 2.45) is 0 Å². The molecule has 0 bridgehead atoms. The zero-order chi connectivity index (χ0) is 21.6. The lowest BCUT2D eigenvalue weighted by atomic mass is 9.91. The van der Waals surface area contributed by atoms with Crippen LogP contribution in [0.25, 0.3) is 0 Å². The van der Waals surface area contributed by atoms with Crippen LogP contribution in [-0.4, -0.2) is 27.6 Å². The van der Waals surface area contributed by atoms with Gasteiger partial charge in [0.2, 0.25) is 0 Å². The Morgan fingerprint density at radius 3 is 2.72 bits per heavy atom. The van der Waals surface area contributed by atoms with Gasteiger partial charge in [0.1, 0.15) is 5.82 Å². The van der Waals surface area contributed by atoms with Crippen molar-refractivity contribution >= 4 is 35.5 Å². The van der Waals surface area contributed by atoms with E-state index in [0.29, 0.717) is 6.42 Å². The minimum absolute atomic E-state index is 0. The van der Waals surface area contributed by atoms with Crippen molar-refractivity contribution in [1.82, 2.24) is 9.97 Å². The number of thiazole rings is 1. The number of halogens is 1. The molecule has 1 unspecified atom stereocenters. The number of fused-ring (bicyclic) bond motifs is 1. The van der Waals surface area contributed by atoms with Crippen molar-refractivity contribution in [3.05, 3.63) is 74.9 Å². The standard InChI is InChI=1S/C25H29N3O2S.ClH/c1-17-7-9-18(10-8-17)20(15-24(29)30)14-22-16-31-23(27-22)6-2-5-21-12-11-19-4-3-13-26-25(19)28-21;/h7-12,16,20H,2-6,13-15H2,1H3,(H,26,28)(H,29,30);1H. The number of rotatable bonds is 9. The molecule has 2 aromatic heterocycles. The molecule has 2 N–H and O–H groups in total. The van der Waals surface area contributed by atoms with E-state index in [2.05, 4.69) is 22.8 Å². The van der Waals surface area contributed by atoms with Gasteiger partial charge in [0.15, 0.2) is 0 Å². The van der Waals surface area contributed by atoms with Gasteiger partial charge in [0.25, 0.3) is 0 Å². The molecule has 1 aliphatic heterocycles. The van der Waals surface area contributed by atoms with E-state index in [0.717, 1.165) is 60.0 Å². The number of aliphatic carboxylic acids is 1. The molecule has 3 aromatic rings. The van der Waals surface area contributed by atoms with E-state index in [1.807, 2.05) is 31.2 Å². The Kier molecular flexibility index (Phi) is 8.65. The first-order valence-corrected chi connectivity index (χ1v) is 11.9. The molecular formula is C25H30ClN3O2S. The van der Waals surface area contributed by atoms with Crippen LogP contribution in [0.5, 0.6) is 0 Å². The van der Waals surface area contributed by atoms with Gasteiger partial charge in [0, 0.05) is 17.6 Å². The topological polar surface area (TPSA) is 75.1 Å². The van der Waals surface area contributed by atoms with Crippen molar-refractivity contribution in [2.75, 3.05) is 11.9 Å². The highest BCUT2D eigenvalue weighted by Gasteiger charge is 2.18. The number of carboxylic acids is 1. The molecule has 170 valence electrons. The molecule has 0 saturated carbocycles. The summed E-state index contributed by atoms with van der Waals surface area (Å²) in [6.07, 6.45) is 5.94. The lowest BCUT2D eigenvalue weighted by Gasteiger charge is -2.17. The van der Waals surface area contributed by atoms with Crippen LogP contribution in [0.1, 0.15) is 58.3 Å². The number of hydrogen-bond acceptors (Lipinski definition) is 5. The van der Waals surface area contributed by atoms with Gasteiger partial charge in [-0.25, -0.2) is 9.97 Å². The summed E-state index contributed by atoms with van der Waals surface area (Å²) in [5.74, 6) is 0.231. The fraction of sp³-hybridized carbons (Fsp3) is 0.400. The Labute approximate surface area is 199 Å². The molecule has 0 fully saturated rings. The van der Waals surface area contributed by atoms with Gasteiger partial charge in [-0.15, -0.1) is 23.7 Å². The molecule has 1 aliphatic rings. The Hall–Kier alpha value is -2.44. The zero-order valence-corrected chi connectivity index (χ0v) is 20.0. The summed E-state index contributed by atoms with van der Waals surface area (Å²) in [5, 5.41) is 16.0. The number of benzene rings is 1. The minimum atomic E-state index is -0.770. The number of nitrogens with one attached hydrogen (secondary N) is 1. The first-order valence-electron chi connectivity index (χ1n) is 11.0. The SMILES string of the molecule is Cc1ccc(C(CC(=O)O)Cc2csc(CCCc3ccc4c(n3)NCCC4)n2)cc1.Cl. The quantitative estimate of drug-likeness (QED) is 0.424. The second kappa shape index (κ2) is 11.4. The normalized spacial score (nSPS) is 13.5. The number of aromatic nitrogens is 2. The molecule has 0 amide bonds. The summed E-state index contributed by atoms with van der Waals surface area (Å²) in [5.41, 5.74) is 5.69. The van der Waals surface area contributed by atoms with Gasteiger partial charge in [-0.3, -0.25) is 4.79 Å². The van der Waals surface area contributed by atoms with E-state index in [1.165, 1.54) is 17.5 Å². The van der Waals surface area contributed by atoms with Gasteiger partial charge in [0.05, 0.1) is 17.1 Å². The molecule has 1 aromatic carbocycles. The summed E-state index contributed by atoms with van der Waals surface area (Å²) in [4.78, 5) is 21.0. The second-order valence-corrected chi connectivity index (χ2v) is 9.28. The summed E-state index contributed by atoms with van der Waals surface area (Å²) in [6, 6.07) is 12.5. The number of carbonyl (C=O) groups is 1. The lowest BCUT2D eigenvalue weighted by Crippen LogP contribution is -2.14. The number of carboxylic acid groups (broad SMARTS) is 1. The predicted molar refractivity (Wildman–Crippen MR) is 132 cm³/mol. The highest BCUT2D eigenvalue weighted by atomic mass is 35.5. The molecule has 0 spiro atoms. The third-order valence-electron chi connectivity index (χ3n) is 5.80. The van der Waals surface area contributed by atoms with Crippen LogP contribution in [-0.2, 0) is 30.5 Å². The van der Waals surface area contributed by atoms with E-state index < -0.39 is 5.97 Å². The number of aryl methyl sites for hydroxylation is 4. The molecule has 3 heterocycles. The third kappa shape index (κ3) is 6.53. The number of nitrogens with zero attached hydrogens (tertiary/aromatic N) is 2. The van der Waals surface area contributed by atoms with E-state index in [4.69, 9.17) is 9.97 Å². The maximum absolute atomic E-state index is 11.4. The molecule has 1 atom stereocenters. The molecule has 4 rings (SSSR count). The van der Waals surface area contributed by atoms with Crippen molar-refractivity contribution in [1.29, 1.82) is 0 Å². The number of pyridine rings is 1.